The van der Waals surface area contributed by atoms with Gasteiger partial charge in [0.05, 0.1) is 42.7 Å². The van der Waals surface area contributed by atoms with Gasteiger partial charge in [0.25, 0.3) is 0 Å². The lowest BCUT2D eigenvalue weighted by atomic mass is 9.98. The van der Waals surface area contributed by atoms with Crippen LogP contribution in [0.2, 0.25) is 0 Å². The van der Waals surface area contributed by atoms with Crippen molar-refractivity contribution >= 4 is 5.69 Å². The molecule has 0 aliphatic carbocycles. The number of nitrogens with zero attached hydrogens (tertiary/aromatic N) is 2. The molecule has 0 bridgehead atoms. The van der Waals surface area contributed by atoms with Crippen molar-refractivity contribution in [3.8, 4) is 62.5 Å². The van der Waals surface area contributed by atoms with Crippen molar-refractivity contribution in [2.45, 2.75) is 45.8 Å². The maximum Gasteiger partial charge on any atom is 0.573 e. The van der Waals surface area contributed by atoms with E-state index in [1.54, 1.807) is 54.8 Å². The number of benzene rings is 5. The third-order valence-electron chi connectivity index (χ3n) is 10.0. The lowest BCUT2D eigenvalue weighted by Crippen LogP contribution is -2.44. The van der Waals surface area contributed by atoms with E-state index in [0.717, 1.165) is 66.0 Å². The lowest BCUT2D eigenvalue weighted by molar-refractivity contribution is -0.274. The molecule has 0 atom stereocenters. The van der Waals surface area contributed by atoms with E-state index in [1.165, 1.54) is 17.7 Å². The van der Waals surface area contributed by atoms with E-state index in [2.05, 4.69) is 50.9 Å². The molecule has 0 amide bonds. The van der Waals surface area contributed by atoms with Crippen molar-refractivity contribution in [2.24, 2.45) is 0 Å². The smallest absolute Gasteiger partial charge is 0.493 e. The predicted octanol–water partition coefficient (Wildman–Crippen LogP) is 10.3. The van der Waals surface area contributed by atoms with Gasteiger partial charge in [-0.15, -0.1) is 13.2 Å². The molecule has 12 heteroatoms. The number of anilines is 1. The van der Waals surface area contributed by atoms with Crippen LogP contribution in [0.15, 0.2) is 97.1 Å². The van der Waals surface area contributed by atoms with Gasteiger partial charge in [-0.2, -0.15) is 0 Å². The van der Waals surface area contributed by atoms with Gasteiger partial charge in [-0.25, -0.2) is 0 Å². The maximum absolute atomic E-state index is 13.0. The largest absolute Gasteiger partial charge is 0.573 e. The van der Waals surface area contributed by atoms with Gasteiger partial charge in [-0.1, -0.05) is 43.8 Å². The third kappa shape index (κ3) is 10.2. The second kappa shape index (κ2) is 18.9. The van der Waals surface area contributed by atoms with Crippen LogP contribution in [0.4, 0.5) is 18.9 Å². The fraction of sp³-hybridized carbons (Fsp3) is 0.333. The van der Waals surface area contributed by atoms with E-state index in [4.69, 9.17) is 28.4 Å². The second-order valence-electron chi connectivity index (χ2n) is 13.4. The second-order valence-corrected chi connectivity index (χ2v) is 13.4. The molecule has 0 spiro atoms. The molecular weight excluding hydrogens is 737 g/mol. The van der Waals surface area contributed by atoms with Crippen LogP contribution < -0.4 is 38.1 Å². The van der Waals surface area contributed by atoms with Crippen molar-refractivity contribution < 1.29 is 46.3 Å². The SMILES string of the molecule is C.COc1cc(-c2cccc(CN3CCC(N(Cc4cccc(-c5cc(OC)c(OC)c(OC)c5)c4)c4ccc(OC(F)(F)F)cc4)CC3)c2)cc(OC)c1OC. The number of ether oxygens (including phenoxy) is 7. The summed E-state index contributed by atoms with van der Waals surface area (Å²) in [6, 6.07) is 30.6. The Hall–Kier alpha value is -5.75. The standard InChI is InChI=1S/C44H47F3N2O7.CH4/c1-50-38-23-33(24-39(51-2)42(38)54-5)31-11-7-9-29(21-31)27-48-19-17-36(18-20-48)49(35-13-15-37(16-14-35)56-44(45,46)47)28-30-10-8-12-32(22-30)34-25-40(52-3)43(55-6)41(26-34)53-4;/h7-16,21-26,36H,17-20,27-28H2,1-6H3;1H4. The van der Waals surface area contributed by atoms with Crippen LogP contribution in [-0.2, 0) is 13.1 Å². The van der Waals surface area contributed by atoms with Gasteiger partial charge < -0.3 is 38.1 Å². The Bertz CT molecular complexity index is 2030. The van der Waals surface area contributed by atoms with Crippen molar-refractivity contribution in [1.29, 1.82) is 0 Å². The summed E-state index contributed by atoms with van der Waals surface area (Å²) < 4.78 is 76.6. The Morgan fingerprint density at radius 3 is 1.47 bits per heavy atom. The lowest BCUT2D eigenvalue weighted by Gasteiger charge is -2.40. The average Bonchev–Trinajstić information content (AvgIpc) is 3.22. The van der Waals surface area contributed by atoms with Gasteiger partial charge in [0, 0.05) is 37.9 Å². The Kier molecular flexibility index (Phi) is 14.1. The molecule has 57 heavy (non-hydrogen) atoms. The molecule has 9 nitrogen and oxygen atoms in total. The van der Waals surface area contributed by atoms with E-state index in [0.29, 0.717) is 41.0 Å². The van der Waals surface area contributed by atoms with Crippen LogP contribution >= 0.6 is 0 Å². The molecule has 1 aliphatic rings. The summed E-state index contributed by atoms with van der Waals surface area (Å²) in [6.07, 6.45) is -3.05. The summed E-state index contributed by atoms with van der Waals surface area (Å²) in [5, 5.41) is 0. The van der Waals surface area contributed by atoms with Crippen LogP contribution in [0.3, 0.4) is 0 Å². The zero-order chi connectivity index (χ0) is 39.8. The minimum absolute atomic E-state index is 0. The first-order chi connectivity index (χ1) is 27.1. The fourth-order valence-corrected chi connectivity index (χ4v) is 7.31. The molecule has 0 radical (unpaired) electrons. The minimum atomic E-state index is -4.77. The van der Waals surface area contributed by atoms with Crippen molar-refractivity contribution in [1.82, 2.24) is 4.90 Å². The average molecular weight is 789 g/mol. The zero-order valence-electron chi connectivity index (χ0n) is 32.4. The summed E-state index contributed by atoms with van der Waals surface area (Å²) in [4.78, 5) is 4.72. The van der Waals surface area contributed by atoms with E-state index in [-0.39, 0.29) is 19.2 Å². The Morgan fingerprint density at radius 1 is 0.579 bits per heavy atom. The molecule has 6 rings (SSSR count). The number of rotatable bonds is 15. The number of hydrogen-bond acceptors (Lipinski definition) is 9. The molecular formula is C45H51F3N2O7. The highest BCUT2D eigenvalue weighted by atomic mass is 19.4. The molecule has 0 aromatic heterocycles. The molecule has 0 N–H and O–H groups in total. The summed E-state index contributed by atoms with van der Waals surface area (Å²) in [5.41, 5.74) is 6.87. The van der Waals surface area contributed by atoms with Gasteiger partial charge in [-0.05, 0) is 107 Å². The van der Waals surface area contributed by atoms with Crippen molar-refractivity contribution in [3.63, 3.8) is 0 Å². The molecule has 1 saturated heterocycles. The first kappa shape index (κ1) is 42.4. The number of hydrogen-bond donors (Lipinski definition) is 0. The van der Waals surface area contributed by atoms with Crippen LogP contribution in [0.5, 0.6) is 40.2 Å². The normalized spacial score (nSPS) is 13.3. The molecule has 5 aromatic carbocycles. The van der Waals surface area contributed by atoms with Gasteiger partial charge in [0.15, 0.2) is 23.0 Å². The van der Waals surface area contributed by atoms with Crippen LogP contribution in [0, 0.1) is 0 Å². The molecule has 1 aliphatic heterocycles. The zero-order valence-corrected chi connectivity index (χ0v) is 32.4. The predicted molar refractivity (Wildman–Crippen MR) is 217 cm³/mol. The summed E-state index contributed by atoms with van der Waals surface area (Å²) in [5.74, 6) is 3.09. The summed E-state index contributed by atoms with van der Waals surface area (Å²) >= 11 is 0. The highest BCUT2D eigenvalue weighted by molar-refractivity contribution is 5.73. The van der Waals surface area contributed by atoms with E-state index >= 15 is 0 Å². The van der Waals surface area contributed by atoms with Crippen LogP contribution in [0.25, 0.3) is 22.3 Å². The fourth-order valence-electron chi connectivity index (χ4n) is 7.31. The maximum atomic E-state index is 13.0. The number of methoxy groups -OCH3 is 6. The number of alkyl halides is 3. The quantitative estimate of drug-likeness (QED) is 0.103. The van der Waals surface area contributed by atoms with Gasteiger partial charge in [0.1, 0.15) is 5.75 Å². The monoisotopic (exact) mass is 788 g/mol. The van der Waals surface area contributed by atoms with E-state index in [1.807, 2.05) is 36.4 Å². The van der Waals surface area contributed by atoms with E-state index < -0.39 is 6.36 Å². The molecule has 0 saturated carbocycles. The van der Waals surface area contributed by atoms with Crippen molar-refractivity contribution in [2.75, 3.05) is 60.6 Å². The Morgan fingerprint density at radius 2 is 1.04 bits per heavy atom. The number of likely N-dealkylation sites (tertiary alicyclic amines) is 1. The molecule has 304 valence electrons. The Balaban J connectivity index is 0.00000620. The van der Waals surface area contributed by atoms with Crippen molar-refractivity contribution in [3.05, 3.63) is 108 Å². The topological polar surface area (TPSA) is 71.1 Å². The highest BCUT2D eigenvalue weighted by Gasteiger charge is 2.31. The first-order valence-electron chi connectivity index (χ1n) is 18.2. The molecule has 1 heterocycles. The first-order valence-corrected chi connectivity index (χ1v) is 18.2. The van der Waals surface area contributed by atoms with E-state index in [9.17, 15) is 13.2 Å². The van der Waals surface area contributed by atoms with Gasteiger partial charge >= 0.3 is 6.36 Å². The van der Waals surface area contributed by atoms with Crippen LogP contribution in [-0.4, -0.2) is 73.1 Å². The third-order valence-corrected chi connectivity index (χ3v) is 10.0. The summed E-state index contributed by atoms with van der Waals surface area (Å²) in [6.45, 7) is 3.00. The highest BCUT2D eigenvalue weighted by Crippen LogP contribution is 2.43. The number of piperidine rings is 1. The summed E-state index contributed by atoms with van der Waals surface area (Å²) in [7, 11) is 9.53. The Labute approximate surface area is 333 Å². The van der Waals surface area contributed by atoms with Gasteiger partial charge in [0.2, 0.25) is 11.5 Å². The molecule has 1 fully saturated rings. The van der Waals surface area contributed by atoms with Gasteiger partial charge in [-0.3, -0.25) is 4.90 Å². The molecule has 5 aromatic rings. The van der Waals surface area contributed by atoms with Crippen LogP contribution in [0.1, 0.15) is 31.4 Å². The molecule has 0 unspecified atom stereocenters. The minimum Gasteiger partial charge on any atom is -0.493 e. The number of halogens is 3.